The number of hydrogen-bond acceptors (Lipinski definition) is 5. The van der Waals surface area contributed by atoms with Crippen LogP contribution in [0.2, 0.25) is 0 Å². The molecule has 1 aromatic carbocycles. The first-order valence-corrected chi connectivity index (χ1v) is 10.8. The maximum atomic E-state index is 9.91. The van der Waals surface area contributed by atoms with Gasteiger partial charge in [0.1, 0.15) is 5.92 Å². The molecule has 0 fully saturated rings. The van der Waals surface area contributed by atoms with Crippen molar-refractivity contribution >= 4 is 23.5 Å². The molecule has 2 aromatic rings. The van der Waals surface area contributed by atoms with Gasteiger partial charge in [0.05, 0.1) is 17.8 Å². The van der Waals surface area contributed by atoms with Crippen molar-refractivity contribution < 1.29 is 0 Å². The summed E-state index contributed by atoms with van der Waals surface area (Å²) in [6.07, 6.45) is 9.50. The number of imidazole rings is 1. The minimum Gasteiger partial charge on any atom is -0.339 e. The van der Waals surface area contributed by atoms with Crippen LogP contribution in [0.3, 0.4) is 0 Å². The number of rotatable bonds is 8. The maximum absolute atomic E-state index is 9.91. The van der Waals surface area contributed by atoms with E-state index in [4.69, 9.17) is 0 Å². The van der Waals surface area contributed by atoms with Crippen LogP contribution in [-0.2, 0) is 0 Å². The standard InChI is InChI=1S/C21H22N4S2/c1-2-3-4-8-11-18-12-17(13-22)21(15-23,26-18)27-20-24-14-19(25-20)16-9-6-5-7-10-16/h5-7,9-10,12,14,17H,2-4,8,11H2,1H3,(H,24,25). The molecule has 0 amide bonds. The number of nitriles is 2. The molecular weight excluding hydrogens is 372 g/mol. The van der Waals surface area contributed by atoms with Crippen molar-refractivity contribution in [2.24, 2.45) is 5.92 Å². The van der Waals surface area contributed by atoms with Crippen molar-refractivity contribution in [2.75, 3.05) is 0 Å². The van der Waals surface area contributed by atoms with Crippen molar-refractivity contribution in [1.29, 1.82) is 10.5 Å². The van der Waals surface area contributed by atoms with Gasteiger partial charge >= 0.3 is 0 Å². The van der Waals surface area contributed by atoms with Crippen LogP contribution in [-0.4, -0.2) is 14.0 Å². The van der Waals surface area contributed by atoms with E-state index in [0.717, 1.165) is 29.0 Å². The summed E-state index contributed by atoms with van der Waals surface area (Å²) in [6.45, 7) is 2.19. The van der Waals surface area contributed by atoms with E-state index in [1.807, 2.05) is 42.6 Å². The number of thioether (sulfide) groups is 2. The van der Waals surface area contributed by atoms with E-state index in [1.54, 1.807) is 0 Å². The van der Waals surface area contributed by atoms with Crippen LogP contribution in [0.4, 0.5) is 0 Å². The lowest BCUT2D eigenvalue weighted by molar-refractivity contribution is 0.671. The minimum absolute atomic E-state index is 0.441. The molecule has 0 saturated heterocycles. The van der Waals surface area contributed by atoms with Crippen LogP contribution in [0.5, 0.6) is 0 Å². The molecule has 138 valence electrons. The summed E-state index contributed by atoms with van der Waals surface area (Å²) < 4.78 is -0.874. The SMILES string of the molecule is CCCCCCC1=CC(C#N)C(C#N)(Sc2nc(-c3ccccc3)c[nH]2)S1. The van der Waals surface area contributed by atoms with Crippen LogP contribution >= 0.6 is 23.5 Å². The summed E-state index contributed by atoms with van der Waals surface area (Å²) in [6, 6.07) is 14.6. The van der Waals surface area contributed by atoms with E-state index in [9.17, 15) is 10.5 Å². The van der Waals surface area contributed by atoms with Gasteiger partial charge in [0.15, 0.2) is 9.24 Å². The highest BCUT2D eigenvalue weighted by molar-refractivity contribution is 8.20. The van der Waals surface area contributed by atoms with E-state index in [0.29, 0.717) is 5.16 Å². The Kier molecular flexibility index (Phi) is 6.66. The number of aromatic nitrogens is 2. The Balaban J connectivity index is 1.72. The van der Waals surface area contributed by atoms with E-state index in [1.165, 1.54) is 42.8 Å². The Morgan fingerprint density at radius 3 is 2.74 bits per heavy atom. The zero-order valence-electron chi connectivity index (χ0n) is 15.3. The summed E-state index contributed by atoms with van der Waals surface area (Å²) in [5, 5.41) is 20.2. The molecule has 2 atom stereocenters. The number of unbranched alkanes of at least 4 members (excludes halogenated alkanes) is 3. The van der Waals surface area contributed by atoms with Gasteiger partial charge in [0, 0.05) is 11.8 Å². The number of nitrogens with zero attached hydrogens (tertiary/aromatic N) is 3. The number of H-pyrrole nitrogens is 1. The smallest absolute Gasteiger partial charge is 0.178 e. The Morgan fingerprint density at radius 1 is 1.22 bits per heavy atom. The average molecular weight is 395 g/mol. The van der Waals surface area contributed by atoms with Gasteiger partial charge in [0.2, 0.25) is 0 Å². The van der Waals surface area contributed by atoms with Gasteiger partial charge in [-0.25, -0.2) is 4.98 Å². The van der Waals surface area contributed by atoms with Crippen molar-refractivity contribution in [3.63, 3.8) is 0 Å². The fraction of sp³-hybridized carbons (Fsp3) is 0.381. The molecule has 0 saturated carbocycles. The third-order valence-corrected chi connectivity index (χ3v) is 7.29. The van der Waals surface area contributed by atoms with Crippen LogP contribution in [0.25, 0.3) is 11.3 Å². The molecule has 0 spiro atoms. The van der Waals surface area contributed by atoms with Gasteiger partial charge in [-0.1, -0.05) is 86.1 Å². The first-order chi connectivity index (χ1) is 13.2. The molecule has 2 unspecified atom stereocenters. The normalized spacial score (nSPS) is 21.4. The third kappa shape index (κ3) is 4.58. The average Bonchev–Trinajstić information content (AvgIpc) is 3.31. The monoisotopic (exact) mass is 394 g/mol. The molecule has 0 radical (unpaired) electrons. The topological polar surface area (TPSA) is 76.3 Å². The lowest BCUT2D eigenvalue weighted by Gasteiger charge is -2.21. The second kappa shape index (κ2) is 9.17. The number of nitrogens with one attached hydrogen (secondary N) is 1. The summed E-state index contributed by atoms with van der Waals surface area (Å²) in [5.74, 6) is -0.441. The molecule has 6 heteroatoms. The van der Waals surface area contributed by atoms with E-state index in [2.05, 4.69) is 29.0 Å². The highest BCUT2D eigenvalue weighted by Gasteiger charge is 2.46. The molecule has 27 heavy (non-hydrogen) atoms. The summed E-state index contributed by atoms with van der Waals surface area (Å²) in [5.41, 5.74) is 1.87. The van der Waals surface area contributed by atoms with Crippen molar-refractivity contribution in [3.05, 3.63) is 47.5 Å². The number of allylic oxidation sites excluding steroid dienone is 2. The van der Waals surface area contributed by atoms with Crippen molar-refractivity contribution in [3.8, 4) is 23.4 Å². The van der Waals surface area contributed by atoms with Crippen LogP contribution < -0.4 is 0 Å². The van der Waals surface area contributed by atoms with Crippen LogP contribution in [0, 0.1) is 28.6 Å². The summed E-state index contributed by atoms with van der Waals surface area (Å²) in [7, 11) is 0. The van der Waals surface area contributed by atoms with Crippen LogP contribution in [0.1, 0.15) is 39.0 Å². The second-order valence-corrected chi connectivity index (χ2v) is 9.36. The molecular formula is C21H22N4S2. The largest absolute Gasteiger partial charge is 0.339 e. The van der Waals surface area contributed by atoms with Gasteiger partial charge in [-0.2, -0.15) is 10.5 Å². The van der Waals surface area contributed by atoms with Gasteiger partial charge in [0.25, 0.3) is 0 Å². The first-order valence-electron chi connectivity index (χ1n) is 9.21. The molecule has 0 bridgehead atoms. The summed E-state index contributed by atoms with van der Waals surface area (Å²) >= 11 is 2.88. The Hall–Kier alpha value is -2.15. The quantitative estimate of drug-likeness (QED) is 0.545. The molecule has 2 heterocycles. The minimum atomic E-state index is -0.874. The lowest BCUT2D eigenvalue weighted by Crippen LogP contribution is -2.23. The zero-order chi connectivity index (χ0) is 19.1. The van der Waals surface area contributed by atoms with Crippen LogP contribution in [0.15, 0.2) is 52.7 Å². The number of hydrogen-bond donors (Lipinski definition) is 1. The molecule has 1 aliphatic heterocycles. The molecule has 3 rings (SSSR count). The first kappa shape index (κ1) is 19.6. The Bertz CT molecular complexity index is 876. The third-order valence-electron chi connectivity index (χ3n) is 4.49. The van der Waals surface area contributed by atoms with Crippen molar-refractivity contribution in [1.82, 2.24) is 9.97 Å². The number of benzene rings is 1. The second-order valence-electron chi connectivity index (χ2n) is 6.49. The summed E-state index contributed by atoms with van der Waals surface area (Å²) in [4.78, 5) is 8.95. The lowest BCUT2D eigenvalue weighted by atomic mass is 10.1. The molecule has 1 aliphatic rings. The fourth-order valence-corrected chi connectivity index (χ4v) is 5.73. The molecule has 0 aliphatic carbocycles. The number of aromatic amines is 1. The Labute approximate surface area is 169 Å². The highest BCUT2D eigenvalue weighted by atomic mass is 32.2. The molecule has 4 nitrogen and oxygen atoms in total. The van der Waals surface area contributed by atoms with Gasteiger partial charge in [-0.15, -0.1) is 0 Å². The van der Waals surface area contributed by atoms with E-state index >= 15 is 0 Å². The van der Waals surface area contributed by atoms with Gasteiger partial charge in [-0.3, -0.25) is 0 Å². The predicted octanol–water partition coefficient (Wildman–Crippen LogP) is 6.13. The zero-order valence-corrected chi connectivity index (χ0v) is 16.9. The van der Waals surface area contributed by atoms with Gasteiger partial charge < -0.3 is 4.98 Å². The van der Waals surface area contributed by atoms with Gasteiger partial charge in [-0.05, 0) is 17.7 Å². The molecule has 1 aromatic heterocycles. The van der Waals surface area contributed by atoms with E-state index in [-0.39, 0.29) is 0 Å². The maximum Gasteiger partial charge on any atom is 0.178 e. The van der Waals surface area contributed by atoms with Crippen molar-refractivity contribution in [2.45, 2.75) is 48.3 Å². The predicted molar refractivity (Wildman–Crippen MR) is 112 cm³/mol. The fourth-order valence-electron chi connectivity index (χ4n) is 3.03. The highest BCUT2D eigenvalue weighted by Crippen LogP contribution is 2.55. The van der Waals surface area contributed by atoms with E-state index < -0.39 is 10.00 Å². The Morgan fingerprint density at radius 2 is 2.04 bits per heavy atom. The molecule has 1 N–H and O–H groups in total.